The van der Waals surface area contributed by atoms with Gasteiger partial charge in [0.15, 0.2) is 5.78 Å². The Bertz CT molecular complexity index is 772. The minimum Gasteiger partial charge on any atom is -0.389 e. The molecule has 2 nitrogen and oxygen atoms in total. The molecule has 0 aromatic heterocycles. The van der Waals surface area contributed by atoms with Crippen molar-refractivity contribution in [3.05, 3.63) is 22.8 Å². The van der Waals surface area contributed by atoms with Crippen molar-refractivity contribution in [3.63, 3.8) is 0 Å². The SMILES string of the molecule is CCC(CCC(C)C1CCC2C3CC(O)C4=CC(=O)CCC4(C)C3CCC12C)=C(C)C. The zero-order valence-electron chi connectivity index (χ0n) is 21.0. The van der Waals surface area contributed by atoms with Crippen LogP contribution in [-0.4, -0.2) is 17.0 Å². The molecule has 0 heterocycles. The fraction of sp³-hybridized carbons (Fsp3) is 0.828. The van der Waals surface area contributed by atoms with E-state index in [2.05, 4.69) is 41.5 Å². The predicted octanol–water partition coefficient (Wildman–Crippen LogP) is 7.27. The molecular formula is C29H46O2. The summed E-state index contributed by atoms with van der Waals surface area (Å²) in [5.74, 6) is 3.86. The summed E-state index contributed by atoms with van der Waals surface area (Å²) in [6.45, 7) is 14.3. The van der Waals surface area contributed by atoms with Crippen molar-refractivity contribution in [2.75, 3.05) is 0 Å². The standard InChI is InChI=1S/C29H46O2/c1-7-20(18(2)3)9-8-19(4)23-10-11-24-22-17-27(31)26-16-21(30)12-14-29(26,6)25(22)13-15-28(23,24)5/h16,19,22-25,27,31H,7-15,17H2,1-6H3. The van der Waals surface area contributed by atoms with E-state index >= 15 is 0 Å². The second-order valence-electron chi connectivity index (χ2n) is 12.3. The van der Waals surface area contributed by atoms with Crippen LogP contribution in [0.1, 0.15) is 106 Å². The normalized spacial score (nSPS) is 42.9. The smallest absolute Gasteiger partial charge is 0.155 e. The molecule has 31 heavy (non-hydrogen) atoms. The van der Waals surface area contributed by atoms with Gasteiger partial charge in [0.05, 0.1) is 6.10 Å². The van der Waals surface area contributed by atoms with Crippen LogP contribution in [0.4, 0.5) is 0 Å². The van der Waals surface area contributed by atoms with Crippen molar-refractivity contribution in [3.8, 4) is 0 Å². The summed E-state index contributed by atoms with van der Waals surface area (Å²) < 4.78 is 0. The Morgan fingerprint density at radius 3 is 2.58 bits per heavy atom. The van der Waals surface area contributed by atoms with Crippen LogP contribution in [0.25, 0.3) is 0 Å². The largest absolute Gasteiger partial charge is 0.389 e. The molecule has 0 radical (unpaired) electrons. The molecular weight excluding hydrogens is 380 g/mol. The zero-order chi connectivity index (χ0) is 22.6. The van der Waals surface area contributed by atoms with E-state index < -0.39 is 6.10 Å². The number of fused-ring (bicyclic) bond motifs is 5. The molecule has 0 aliphatic heterocycles. The summed E-state index contributed by atoms with van der Waals surface area (Å²) >= 11 is 0. The molecule has 3 fully saturated rings. The van der Waals surface area contributed by atoms with Gasteiger partial charge in [-0.3, -0.25) is 4.79 Å². The molecule has 0 spiro atoms. The van der Waals surface area contributed by atoms with E-state index in [1.807, 2.05) is 6.08 Å². The summed E-state index contributed by atoms with van der Waals surface area (Å²) in [5.41, 5.74) is 4.72. The van der Waals surface area contributed by atoms with Crippen LogP contribution in [-0.2, 0) is 4.79 Å². The van der Waals surface area contributed by atoms with Gasteiger partial charge in [-0.05, 0) is 124 Å². The lowest BCUT2D eigenvalue weighted by Gasteiger charge is -2.59. The van der Waals surface area contributed by atoms with Gasteiger partial charge in [0.2, 0.25) is 0 Å². The summed E-state index contributed by atoms with van der Waals surface area (Å²) in [4.78, 5) is 12.1. The topological polar surface area (TPSA) is 37.3 Å². The highest BCUT2D eigenvalue weighted by atomic mass is 16.3. The minimum absolute atomic E-state index is 0.0424. The maximum absolute atomic E-state index is 12.1. The molecule has 0 aromatic carbocycles. The number of rotatable bonds is 5. The maximum Gasteiger partial charge on any atom is 0.155 e. The van der Waals surface area contributed by atoms with E-state index in [0.29, 0.717) is 23.7 Å². The zero-order valence-corrected chi connectivity index (χ0v) is 21.0. The third-order valence-electron chi connectivity index (χ3n) is 10.8. The fourth-order valence-corrected chi connectivity index (χ4v) is 8.96. The number of ketones is 1. The highest BCUT2D eigenvalue weighted by Crippen LogP contribution is 2.67. The molecule has 0 bridgehead atoms. The lowest BCUT2D eigenvalue weighted by Crippen LogP contribution is -2.54. The number of allylic oxidation sites excluding steroid dienone is 2. The Labute approximate surface area is 191 Å². The molecule has 0 saturated heterocycles. The Morgan fingerprint density at radius 1 is 1.16 bits per heavy atom. The average molecular weight is 427 g/mol. The first-order valence-electron chi connectivity index (χ1n) is 13.2. The highest BCUT2D eigenvalue weighted by Gasteiger charge is 2.60. The van der Waals surface area contributed by atoms with Crippen molar-refractivity contribution in [2.24, 2.45) is 40.4 Å². The van der Waals surface area contributed by atoms with Crippen LogP contribution in [0, 0.1) is 40.4 Å². The molecule has 4 aliphatic rings. The summed E-state index contributed by atoms with van der Waals surface area (Å²) in [7, 11) is 0. The third-order valence-corrected chi connectivity index (χ3v) is 10.8. The van der Waals surface area contributed by atoms with Gasteiger partial charge in [0, 0.05) is 6.42 Å². The average Bonchev–Trinajstić information content (AvgIpc) is 3.07. The van der Waals surface area contributed by atoms with Crippen molar-refractivity contribution in [1.29, 1.82) is 0 Å². The van der Waals surface area contributed by atoms with Crippen LogP contribution in [0.5, 0.6) is 0 Å². The number of carbonyl (C=O) groups is 1. The third kappa shape index (κ3) is 3.79. The first-order valence-corrected chi connectivity index (χ1v) is 13.2. The lowest BCUT2D eigenvalue weighted by atomic mass is 9.46. The molecule has 8 unspecified atom stereocenters. The number of aliphatic hydroxyl groups is 1. The van der Waals surface area contributed by atoms with Crippen molar-refractivity contribution in [1.82, 2.24) is 0 Å². The Kier molecular flexibility index (Phi) is 6.36. The van der Waals surface area contributed by atoms with Crippen LogP contribution in [0.2, 0.25) is 0 Å². The number of hydrogen-bond acceptors (Lipinski definition) is 2. The number of carbonyl (C=O) groups excluding carboxylic acids is 1. The van der Waals surface area contributed by atoms with Gasteiger partial charge in [-0.2, -0.15) is 0 Å². The van der Waals surface area contributed by atoms with Gasteiger partial charge in [-0.25, -0.2) is 0 Å². The first-order chi connectivity index (χ1) is 14.6. The van der Waals surface area contributed by atoms with Gasteiger partial charge >= 0.3 is 0 Å². The minimum atomic E-state index is -0.404. The monoisotopic (exact) mass is 426 g/mol. The quantitative estimate of drug-likeness (QED) is 0.469. The molecule has 8 atom stereocenters. The van der Waals surface area contributed by atoms with E-state index in [4.69, 9.17) is 0 Å². The molecule has 2 heteroatoms. The van der Waals surface area contributed by atoms with Crippen molar-refractivity contribution >= 4 is 5.78 Å². The molecule has 0 aromatic rings. The fourth-order valence-electron chi connectivity index (χ4n) is 8.96. The van der Waals surface area contributed by atoms with Crippen molar-refractivity contribution < 1.29 is 9.90 Å². The number of hydrogen-bond donors (Lipinski definition) is 1. The van der Waals surface area contributed by atoms with E-state index in [-0.39, 0.29) is 11.2 Å². The second kappa shape index (κ2) is 8.47. The molecule has 174 valence electrons. The Morgan fingerprint density at radius 2 is 1.90 bits per heavy atom. The van der Waals surface area contributed by atoms with Crippen LogP contribution in [0.15, 0.2) is 22.8 Å². The van der Waals surface area contributed by atoms with E-state index in [0.717, 1.165) is 36.2 Å². The van der Waals surface area contributed by atoms with Crippen LogP contribution < -0.4 is 0 Å². The number of aliphatic hydroxyl groups excluding tert-OH is 1. The summed E-state index contributed by atoms with van der Waals surface area (Å²) in [6, 6.07) is 0. The van der Waals surface area contributed by atoms with E-state index in [1.165, 1.54) is 50.5 Å². The summed E-state index contributed by atoms with van der Waals surface area (Å²) in [5, 5.41) is 11.1. The summed E-state index contributed by atoms with van der Waals surface area (Å²) in [6.07, 6.45) is 13.0. The van der Waals surface area contributed by atoms with E-state index in [1.54, 1.807) is 5.57 Å². The lowest BCUT2D eigenvalue weighted by molar-refractivity contribution is -0.119. The highest BCUT2D eigenvalue weighted by molar-refractivity contribution is 5.91. The van der Waals surface area contributed by atoms with Crippen LogP contribution >= 0.6 is 0 Å². The van der Waals surface area contributed by atoms with Gasteiger partial charge in [0.1, 0.15) is 0 Å². The predicted molar refractivity (Wildman–Crippen MR) is 129 cm³/mol. The van der Waals surface area contributed by atoms with Crippen molar-refractivity contribution in [2.45, 2.75) is 112 Å². The molecule has 1 N–H and O–H groups in total. The van der Waals surface area contributed by atoms with Gasteiger partial charge in [0.25, 0.3) is 0 Å². The Balaban J connectivity index is 1.53. The molecule has 3 saturated carbocycles. The van der Waals surface area contributed by atoms with Gasteiger partial charge < -0.3 is 5.11 Å². The molecule has 4 aliphatic carbocycles. The van der Waals surface area contributed by atoms with Gasteiger partial charge in [-0.1, -0.05) is 38.8 Å². The maximum atomic E-state index is 12.1. The van der Waals surface area contributed by atoms with Gasteiger partial charge in [-0.15, -0.1) is 0 Å². The first kappa shape index (κ1) is 23.3. The Hall–Kier alpha value is -0.890. The molecule has 0 amide bonds. The van der Waals surface area contributed by atoms with E-state index in [9.17, 15) is 9.90 Å². The molecule has 4 rings (SSSR count). The van der Waals surface area contributed by atoms with Crippen LogP contribution in [0.3, 0.4) is 0 Å². The second-order valence-corrected chi connectivity index (χ2v) is 12.3.